The van der Waals surface area contributed by atoms with Crippen LogP contribution in [0.5, 0.6) is 0 Å². The highest BCUT2D eigenvalue weighted by molar-refractivity contribution is 6.14. The molecular weight excluding hydrogens is 276 g/mol. The van der Waals surface area contributed by atoms with Gasteiger partial charge in [0.05, 0.1) is 0 Å². The van der Waals surface area contributed by atoms with E-state index in [4.69, 9.17) is 0 Å². The standard InChI is InChI=1S/C18H18N2O2/c1-11-9-19(11)17(21)15-7-8-16(18(22)20-10-12(20)2)14-6-4-3-5-13(14)15/h3-8,11-12H,9-10H2,1-2H3/t11-,12+,19?,20?. The van der Waals surface area contributed by atoms with Crippen molar-refractivity contribution in [1.29, 1.82) is 0 Å². The van der Waals surface area contributed by atoms with Gasteiger partial charge in [0.15, 0.2) is 0 Å². The molecule has 112 valence electrons. The summed E-state index contributed by atoms with van der Waals surface area (Å²) in [6.45, 7) is 5.72. The van der Waals surface area contributed by atoms with Gasteiger partial charge in [-0.15, -0.1) is 0 Å². The maximum Gasteiger partial charge on any atom is 0.254 e. The van der Waals surface area contributed by atoms with Crippen molar-refractivity contribution >= 4 is 22.6 Å². The number of carbonyl (C=O) groups is 2. The van der Waals surface area contributed by atoms with E-state index in [1.807, 2.05) is 47.9 Å². The summed E-state index contributed by atoms with van der Waals surface area (Å²) < 4.78 is 0. The lowest BCUT2D eigenvalue weighted by Gasteiger charge is -2.11. The minimum Gasteiger partial charge on any atom is -0.332 e. The topological polar surface area (TPSA) is 40.2 Å². The number of carbonyl (C=O) groups excluding carboxylic acids is 2. The van der Waals surface area contributed by atoms with Gasteiger partial charge in [-0.3, -0.25) is 9.59 Å². The van der Waals surface area contributed by atoms with Crippen LogP contribution in [0.15, 0.2) is 36.4 Å². The zero-order valence-corrected chi connectivity index (χ0v) is 12.7. The van der Waals surface area contributed by atoms with Gasteiger partial charge < -0.3 is 9.80 Å². The molecule has 2 saturated heterocycles. The van der Waals surface area contributed by atoms with Crippen LogP contribution >= 0.6 is 0 Å². The lowest BCUT2D eigenvalue weighted by molar-refractivity contribution is 0.0866. The van der Waals surface area contributed by atoms with E-state index in [1.165, 1.54) is 0 Å². The summed E-state index contributed by atoms with van der Waals surface area (Å²) in [5.74, 6) is 0.116. The van der Waals surface area contributed by atoms with E-state index in [-0.39, 0.29) is 11.8 Å². The Bertz CT molecular complexity index is 732. The van der Waals surface area contributed by atoms with Crippen molar-refractivity contribution in [3.8, 4) is 0 Å². The average Bonchev–Trinajstić information content (AvgIpc) is 3.43. The molecule has 0 spiro atoms. The second-order valence-corrected chi connectivity index (χ2v) is 6.32. The molecule has 2 aromatic rings. The predicted octanol–water partition coefficient (Wildman–Crippen LogP) is 2.53. The molecule has 0 saturated carbocycles. The van der Waals surface area contributed by atoms with Gasteiger partial charge in [-0.05, 0) is 36.8 Å². The van der Waals surface area contributed by atoms with Crippen molar-refractivity contribution in [2.75, 3.05) is 13.1 Å². The summed E-state index contributed by atoms with van der Waals surface area (Å²) in [5, 5.41) is 1.74. The minimum atomic E-state index is 0.0581. The molecule has 2 aromatic carbocycles. The number of amides is 2. The van der Waals surface area contributed by atoms with Gasteiger partial charge in [-0.2, -0.15) is 0 Å². The van der Waals surface area contributed by atoms with Crippen molar-refractivity contribution in [3.05, 3.63) is 47.5 Å². The molecule has 2 heterocycles. The summed E-state index contributed by atoms with van der Waals surface area (Å²) in [6, 6.07) is 11.9. The van der Waals surface area contributed by atoms with Gasteiger partial charge in [-0.1, -0.05) is 24.3 Å². The third-order valence-corrected chi connectivity index (χ3v) is 4.63. The number of fused-ring (bicyclic) bond motifs is 1. The maximum absolute atomic E-state index is 12.5. The SMILES string of the molecule is C[C@@H]1CN1C(=O)c1ccc(C(=O)N2C[C@@H]2C)c2ccccc12. The van der Waals surface area contributed by atoms with Gasteiger partial charge in [-0.25, -0.2) is 0 Å². The summed E-state index contributed by atoms with van der Waals surface area (Å²) in [5.41, 5.74) is 1.38. The first-order valence-corrected chi connectivity index (χ1v) is 7.71. The Balaban J connectivity index is 1.81. The van der Waals surface area contributed by atoms with Crippen molar-refractivity contribution in [2.45, 2.75) is 25.9 Å². The molecule has 0 aromatic heterocycles. The van der Waals surface area contributed by atoms with E-state index in [0.717, 1.165) is 23.9 Å². The molecule has 4 rings (SSSR count). The molecule has 22 heavy (non-hydrogen) atoms. The first-order chi connectivity index (χ1) is 10.6. The molecule has 2 fully saturated rings. The Morgan fingerprint density at radius 1 is 0.818 bits per heavy atom. The normalized spacial score (nSPS) is 22.8. The molecule has 2 aliphatic heterocycles. The van der Waals surface area contributed by atoms with Gasteiger partial charge in [0, 0.05) is 36.3 Å². The second-order valence-electron chi connectivity index (χ2n) is 6.32. The van der Waals surface area contributed by atoms with E-state index < -0.39 is 0 Å². The highest BCUT2D eigenvalue weighted by Crippen LogP contribution is 2.30. The third kappa shape index (κ3) is 1.98. The number of nitrogens with zero attached hydrogens (tertiary/aromatic N) is 2. The number of benzene rings is 2. The molecule has 0 aliphatic carbocycles. The Hall–Kier alpha value is -2.36. The molecule has 2 atom stereocenters. The van der Waals surface area contributed by atoms with Crippen LogP contribution in [0.25, 0.3) is 10.8 Å². The predicted molar refractivity (Wildman–Crippen MR) is 84.9 cm³/mol. The van der Waals surface area contributed by atoms with Crippen molar-refractivity contribution in [2.24, 2.45) is 0 Å². The van der Waals surface area contributed by atoms with Gasteiger partial charge >= 0.3 is 0 Å². The van der Waals surface area contributed by atoms with Crippen LogP contribution in [-0.2, 0) is 0 Å². The summed E-state index contributed by atoms with van der Waals surface area (Å²) in [4.78, 5) is 28.8. The van der Waals surface area contributed by atoms with E-state index in [9.17, 15) is 9.59 Å². The molecule has 0 bridgehead atoms. The summed E-state index contributed by atoms with van der Waals surface area (Å²) in [6.07, 6.45) is 0. The van der Waals surface area contributed by atoms with E-state index in [2.05, 4.69) is 0 Å². The van der Waals surface area contributed by atoms with Crippen LogP contribution in [-0.4, -0.2) is 46.8 Å². The Kier molecular flexibility index (Phi) is 2.76. The zero-order valence-electron chi connectivity index (χ0n) is 12.7. The van der Waals surface area contributed by atoms with Crippen LogP contribution in [0.1, 0.15) is 34.6 Å². The first-order valence-electron chi connectivity index (χ1n) is 7.71. The van der Waals surface area contributed by atoms with Crippen molar-refractivity contribution in [1.82, 2.24) is 9.80 Å². The Labute approximate surface area is 129 Å². The first kappa shape index (κ1) is 13.3. The molecule has 4 heteroatoms. The van der Waals surface area contributed by atoms with E-state index in [0.29, 0.717) is 23.2 Å². The summed E-state index contributed by atoms with van der Waals surface area (Å²) in [7, 11) is 0. The number of rotatable bonds is 2. The van der Waals surface area contributed by atoms with E-state index in [1.54, 1.807) is 12.1 Å². The lowest BCUT2D eigenvalue weighted by atomic mass is 9.98. The molecule has 0 radical (unpaired) electrons. The fourth-order valence-corrected chi connectivity index (χ4v) is 3.02. The van der Waals surface area contributed by atoms with Crippen LogP contribution < -0.4 is 0 Å². The Morgan fingerprint density at radius 3 is 1.50 bits per heavy atom. The average molecular weight is 294 g/mol. The van der Waals surface area contributed by atoms with Gasteiger partial charge in [0.1, 0.15) is 0 Å². The Morgan fingerprint density at radius 2 is 1.18 bits per heavy atom. The third-order valence-electron chi connectivity index (χ3n) is 4.63. The number of hydrogen-bond donors (Lipinski definition) is 0. The van der Waals surface area contributed by atoms with Crippen molar-refractivity contribution in [3.63, 3.8) is 0 Å². The maximum atomic E-state index is 12.5. The quantitative estimate of drug-likeness (QED) is 0.799. The monoisotopic (exact) mass is 294 g/mol. The molecule has 2 aliphatic rings. The molecular formula is C18H18N2O2. The zero-order chi connectivity index (χ0) is 15.4. The highest BCUT2D eigenvalue weighted by Gasteiger charge is 2.37. The lowest BCUT2D eigenvalue weighted by Crippen LogP contribution is -2.16. The summed E-state index contributed by atoms with van der Waals surface area (Å²) >= 11 is 0. The molecule has 2 amide bonds. The van der Waals surface area contributed by atoms with Crippen molar-refractivity contribution < 1.29 is 9.59 Å². The fourth-order valence-electron chi connectivity index (χ4n) is 3.02. The van der Waals surface area contributed by atoms with Gasteiger partial charge in [0.25, 0.3) is 11.8 Å². The van der Waals surface area contributed by atoms with Crippen LogP contribution in [0.4, 0.5) is 0 Å². The van der Waals surface area contributed by atoms with Gasteiger partial charge in [0.2, 0.25) is 0 Å². The fraction of sp³-hybridized carbons (Fsp3) is 0.333. The van der Waals surface area contributed by atoms with Crippen LogP contribution in [0.2, 0.25) is 0 Å². The van der Waals surface area contributed by atoms with Crippen LogP contribution in [0.3, 0.4) is 0 Å². The minimum absolute atomic E-state index is 0.0581. The largest absolute Gasteiger partial charge is 0.332 e. The molecule has 4 nitrogen and oxygen atoms in total. The smallest absolute Gasteiger partial charge is 0.254 e. The van der Waals surface area contributed by atoms with E-state index >= 15 is 0 Å². The highest BCUT2D eigenvalue weighted by atomic mass is 16.2. The number of hydrogen-bond acceptors (Lipinski definition) is 2. The van der Waals surface area contributed by atoms with Crippen LogP contribution in [0, 0.1) is 0 Å². The molecule has 0 N–H and O–H groups in total. The molecule has 0 unspecified atom stereocenters. The second kappa shape index (κ2) is 4.57.